The molecule has 0 radical (unpaired) electrons. The number of amides is 1. The summed E-state index contributed by atoms with van der Waals surface area (Å²) in [6.45, 7) is 2.56. The van der Waals surface area contributed by atoms with Crippen LogP contribution in [0.15, 0.2) is 0 Å². The molecule has 0 saturated carbocycles. The molecular formula is C23H45NO7. The summed E-state index contributed by atoms with van der Waals surface area (Å²) in [5, 5.41) is 49.0. The molecule has 31 heavy (non-hydrogen) atoms. The lowest BCUT2D eigenvalue weighted by atomic mass is 10.0. The van der Waals surface area contributed by atoms with Gasteiger partial charge in [0, 0.05) is 6.54 Å². The predicted molar refractivity (Wildman–Crippen MR) is 120 cm³/mol. The summed E-state index contributed by atoms with van der Waals surface area (Å²) in [6.07, 6.45) is 9.96. The summed E-state index contributed by atoms with van der Waals surface area (Å²) in [6, 6.07) is 0. The molecule has 0 aromatic rings. The topological polar surface area (TPSA) is 147 Å². The Morgan fingerprint density at radius 3 is 1.35 bits per heavy atom. The molecule has 0 bridgehead atoms. The molecule has 0 heterocycles. The van der Waals surface area contributed by atoms with Gasteiger partial charge in [0.15, 0.2) is 12.2 Å². The van der Waals surface area contributed by atoms with E-state index in [1.54, 1.807) is 0 Å². The number of unbranched alkanes of at least 4 members (excludes halogenated alkanes) is 14. The third-order valence-electron chi connectivity index (χ3n) is 5.60. The van der Waals surface area contributed by atoms with E-state index >= 15 is 0 Å². The molecule has 6 N–H and O–H groups in total. The molecule has 0 fully saturated rings. The molecule has 4 atom stereocenters. The summed E-state index contributed by atoms with van der Waals surface area (Å²) >= 11 is 0. The van der Waals surface area contributed by atoms with E-state index in [0.29, 0.717) is 6.54 Å². The summed E-state index contributed by atoms with van der Waals surface area (Å²) in [5.74, 6) is -2.66. The summed E-state index contributed by atoms with van der Waals surface area (Å²) in [4.78, 5) is 22.3. The minimum atomic E-state index is -2.28. The van der Waals surface area contributed by atoms with Crippen LogP contribution in [0.2, 0.25) is 0 Å². The van der Waals surface area contributed by atoms with Crippen molar-refractivity contribution in [1.29, 1.82) is 0 Å². The monoisotopic (exact) mass is 447 g/mol. The van der Waals surface area contributed by atoms with E-state index in [1.165, 1.54) is 70.6 Å². The van der Waals surface area contributed by atoms with E-state index in [9.17, 15) is 24.9 Å². The maximum atomic E-state index is 11.8. The van der Waals surface area contributed by atoms with Crippen LogP contribution in [-0.2, 0) is 9.59 Å². The van der Waals surface area contributed by atoms with Crippen molar-refractivity contribution in [1.82, 2.24) is 5.32 Å². The van der Waals surface area contributed by atoms with Crippen LogP contribution in [0.25, 0.3) is 0 Å². The predicted octanol–water partition coefficient (Wildman–Crippen LogP) is 2.50. The molecule has 0 aliphatic heterocycles. The second-order valence-electron chi connectivity index (χ2n) is 8.45. The highest BCUT2D eigenvalue weighted by atomic mass is 16.4. The third kappa shape index (κ3) is 15.3. The van der Waals surface area contributed by atoms with E-state index in [0.717, 1.165) is 25.7 Å². The maximum Gasteiger partial charge on any atom is 0.335 e. The van der Waals surface area contributed by atoms with Crippen molar-refractivity contribution in [3.05, 3.63) is 0 Å². The average Bonchev–Trinajstić information content (AvgIpc) is 2.76. The lowest BCUT2D eigenvalue weighted by Crippen LogP contribution is -2.52. The van der Waals surface area contributed by atoms with E-state index in [-0.39, 0.29) is 0 Å². The zero-order chi connectivity index (χ0) is 23.5. The summed E-state index contributed by atoms with van der Waals surface area (Å²) in [7, 11) is 0. The smallest absolute Gasteiger partial charge is 0.335 e. The number of rotatable bonds is 21. The number of carboxylic acids is 1. The van der Waals surface area contributed by atoms with Crippen molar-refractivity contribution in [2.45, 2.75) is 128 Å². The van der Waals surface area contributed by atoms with E-state index in [4.69, 9.17) is 10.2 Å². The van der Waals surface area contributed by atoms with E-state index < -0.39 is 36.3 Å². The van der Waals surface area contributed by atoms with Gasteiger partial charge in [-0.05, 0) is 6.42 Å². The first-order valence-corrected chi connectivity index (χ1v) is 12.1. The van der Waals surface area contributed by atoms with Crippen LogP contribution in [0.3, 0.4) is 0 Å². The molecule has 4 unspecified atom stereocenters. The van der Waals surface area contributed by atoms with E-state index in [2.05, 4.69) is 12.2 Å². The second kappa shape index (κ2) is 19.5. The number of carboxylic acid groups (broad SMARTS) is 1. The number of aliphatic carboxylic acids is 1. The summed E-state index contributed by atoms with van der Waals surface area (Å²) < 4.78 is 0. The van der Waals surface area contributed by atoms with Crippen molar-refractivity contribution < 1.29 is 35.1 Å². The van der Waals surface area contributed by atoms with Crippen LogP contribution >= 0.6 is 0 Å². The Morgan fingerprint density at radius 1 is 0.613 bits per heavy atom. The van der Waals surface area contributed by atoms with Crippen LogP contribution in [0.5, 0.6) is 0 Å². The van der Waals surface area contributed by atoms with Gasteiger partial charge in [0.05, 0.1) is 0 Å². The fourth-order valence-electron chi connectivity index (χ4n) is 3.49. The number of hydrogen-bond acceptors (Lipinski definition) is 6. The Balaban J connectivity index is 3.56. The minimum Gasteiger partial charge on any atom is -0.479 e. The van der Waals surface area contributed by atoms with Crippen LogP contribution in [0, 0.1) is 0 Å². The molecule has 0 aliphatic rings. The maximum absolute atomic E-state index is 11.8. The molecule has 0 saturated heterocycles. The Morgan fingerprint density at radius 2 is 0.968 bits per heavy atom. The quantitative estimate of drug-likeness (QED) is 0.148. The molecular weight excluding hydrogens is 402 g/mol. The Kier molecular flexibility index (Phi) is 18.7. The Hall–Kier alpha value is -1.22. The zero-order valence-electron chi connectivity index (χ0n) is 19.2. The second-order valence-corrected chi connectivity index (χ2v) is 8.45. The SMILES string of the molecule is CCCCCCCCCCCCCCCCCNC(=O)C(O)C(O)C(O)C(O)C(=O)O. The van der Waals surface area contributed by atoms with Gasteiger partial charge in [-0.3, -0.25) is 4.79 Å². The fourth-order valence-corrected chi connectivity index (χ4v) is 3.49. The van der Waals surface area contributed by atoms with Gasteiger partial charge in [-0.2, -0.15) is 0 Å². The molecule has 0 aromatic carbocycles. The normalized spacial score (nSPS) is 15.3. The molecule has 1 amide bonds. The number of hydrogen-bond donors (Lipinski definition) is 6. The van der Waals surface area contributed by atoms with Gasteiger partial charge >= 0.3 is 5.97 Å². The Labute approximate surface area is 187 Å². The molecule has 0 aliphatic carbocycles. The van der Waals surface area contributed by atoms with Gasteiger partial charge in [-0.15, -0.1) is 0 Å². The van der Waals surface area contributed by atoms with Gasteiger partial charge in [-0.25, -0.2) is 4.79 Å². The fraction of sp³-hybridized carbons (Fsp3) is 0.913. The largest absolute Gasteiger partial charge is 0.479 e. The van der Waals surface area contributed by atoms with Gasteiger partial charge in [0.1, 0.15) is 12.2 Å². The molecule has 8 nitrogen and oxygen atoms in total. The van der Waals surface area contributed by atoms with Crippen LogP contribution in [0.1, 0.15) is 103 Å². The molecule has 0 rings (SSSR count). The lowest BCUT2D eigenvalue weighted by molar-refractivity contribution is -0.166. The minimum absolute atomic E-state index is 0.318. The van der Waals surface area contributed by atoms with Crippen LogP contribution < -0.4 is 5.32 Å². The molecule has 0 aromatic heterocycles. The van der Waals surface area contributed by atoms with Crippen LogP contribution in [-0.4, -0.2) is 68.4 Å². The number of nitrogens with one attached hydrogen (secondary N) is 1. The van der Waals surface area contributed by atoms with Gasteiger partial charge in [0.2, 0.25) is 0 Å². The molecule has 0 spiro atoms. The highest BCUT2D eigenvalue weighted by Gasteiger charge is 2.37. The van der Waals surface area contributed by atoms with Gasteiger partial charge in [-0.1, -0.05) is 96.8 Å². The lowest BCUT2D eigenvalue weighted by Gasteiger charge is -2.23. The third-order valence-corrected chi connectivity index (χ3v) is 5.60. The summed E-state index contributed by atoms with van der Waals surface area (Å²) in [5.41, 5.74) is 0. The Bertz CT molecular complexity index is 461. The van der Waals surface area contributed by atoms with Crippen molar-refractivity contribution in [3.63, 3.8) is 0 Å². The number of carbonyl (C=O) groups is 2. The molecule has 184 valence electrons. The first-order valence-electron chi connectivity index (χ1n) is 12.1. The van der Waals surface area contributed by atoms with Crippen LogP contribution in [0.4, 0.5) is 0 Å². The number of aliphatic hydroxyl groups excluding tert-OH is 4. The van der Waals surface area contributed by atoms with Crippen molar-refractivity contribution >= 4 is 11.9 Å². The number of aliphatic hydroxyl groups is 4. The highest BCUT2D eigenvalue weighted by molar-refractivity contribution is 5.81. The van der Waals surface area contributed by atoms with Crippen molar-refractivity contribution in [2.75, 3.05) is 6.54 Å². The van der Waals surface area contributed by atoms with Gasteiger partial charge in [0.25, 0.3) is 5.91 Å². The van der Waals surface area contributed by atoms with Crippen molar-refractivity contribution in [3.8, 4) is 0 Å². The van der Waals surface area contributed by atoms with Crippen molar-refractivity contribution in [2.24, 2.45) is 0 Å². The first kappa shape index (κ1) is 29.8. The zero-order valence-corrected chi connectivity index (χ0v) is 19.2. The van der Waals surface area contributed by atoms with Gasteiger partial charge < -0.3 is 30.8 Å². The highest BCUT2D eigenvalue weighted by Crippen LogP contribution is 2.13. The first-order chi connectivity index (χ1) is 14.8. The standard InChI is InChI=1S/C23H45NO7/c1-2-3-4-5-6-7-8-9-10-11-12-13-14-15-16-17-24-22(29)20(27)18(25)19(26)21(28)23(30)31/h18-21,25-28H,2-17H2,1H3,(H,24,29)(H,30,31). The number of carbonyl (C=O) groups excluding carboxylic acids is 1. The van der Waals surface area contributed by atoms with E-state index in [1.807, 2.05) is 0 Å². The molecule has 8 heteroatoms. The average molecular weight is 448 g/mol.